The number of ketones is 2. The number of unbranched alkanes of at least 4 members (excludes halogenated alkanes) is 4. The summed E-state index contributed by atoms with van der Waals surface area (Å²) in [6.07, 6.45) is 4.90. The number of carboxylic acids is 1. The van der Waals surface area contributed by atoms with Gasteiger partial charge in [-0.15, -0.1) is 0 Å². The second-order valence-electron chi connectivity index (χ2n) is 9.50. The molecule has 29 heavy (non-hydrogen) atoms. The summed E-state index contributed by atoms with van der Waals surface area (Å²) in [5.41, 5.74) is -0.461. The van der Waals surface area contributed by atoms with Gasteiger partial charge in [0.25, 0.3) is 0 Å². The summed E-state index contributed by atoms with van der Waals surface area (Å²) >= 11 is 0. The van der Waals surface area contributed by atoms with E-state index < -0.39 is 11.4 Å². The van der Waals surface area contributed by atoms with Crippen LogP contribution in [-0.4, -0.2) is 35.1 Å². The Morgan fingerprint density at radius 3 is 1.93 bits per heavy atom. The van der Waals surface area contributed by atoms with Crippen LogP contribution in [0.2, 0.25) is 0 Å². The number of amides is 1. The third-order valence-corrected chi connectivity index (χ3v) is 5.31. The molecule has 0 aromatic carbocycles. The maximum atomic E-state index is 12.6. The second-order valence-corrected chi connectivity index (χ2v) is 9.50. The molecule has 0 radical (unpaired) electrons. The highest BCUT2D eigenvalue weighted by molar-refractivity contribution is 5.92. The van der Waals surface area contributed by atoms with E-state index in [4.69, 9.17) is 5.11 Å². The maximum absolute atomic E-state index is 12.6. The number of carboxylic acid groups (broad SMARTS) is 1. The summed E-state index contributed by atoms with van der Waals surface area (Å²) < 4.78 is 0. The van der Waals surface area contributed by atoms with Gasteiger partial charge in [-0.25, -0.2) is 0 Å². The number of Topliss-reactive ketones (excluding diaryl/α,β-unsaturated/α-hetero) is 2. The molecule has 0 aliphatic heterocycles. The molecule has 0 aromatic rings. The molecule has 0 fully saturated rings. The lowest BCUT2D eigenvalue weighted by molar-refractivity contribution is -0.137. The average Bonchev–Trinajstić information content (AvgIpc) is 2.59. The molecule has 168 valence electrons. The predicted octanol–water partition coefficient (Wildman–Crippen LogP) is 4.40. The van der Waals surface area contributed by atoms with Gasteiger partial charge in [-0.2, -0.15) is 0 Å². The normalized spacial score (nSPS) is 13.8. The Morgan fingerprint density at radius 2 is 1.41 bits per heavy atom. The first-order valence-corrected chi connectivity index (χ1v) is 10.9. The van der Waals surface area contributed by atoms with Crippen LogP contribution in [0.3, 0.4) is 0 Å². The zero-order valence-corrected chi connectivity index (χ0v) is 19.2. The molecule has 1 amide bonds. The predicted molar refractivity (Wildman–Crippen MR) is 115 cm³/mol. The minimum Gasteiger partial charge on any atom is -0.481 e. The van der Waals surface area contributed by atoms with Crippen molar-refractivity contribution >= 4 is 23.4 Å². The number of aliphatic carboxylic acids is 1. The monoisotopic (exact) mass is 411 g/mol. The van der Waals surface area contributed by atoms with E-state index >= 15 is 0 Å². The zero-order chi connectivity index (χ0) is 22.6. The van der Waals surface area contributed by atoms with Gasteiger partial charge < -0.3 is 10.4 Å². The van der Waals surface area contributed by atoms with E-state index in [0.29, 0.717) is 13.0 Å². The van der Waals surface area contributed by atoms with E-state index in [2.05, 4.69) is 5.32 Å². The second kappa shape index (κ2) is 13.5. The van der Waals surface area contributed by atoms with Gasteiger partial charge in [0.1, 0.15) is 11.6 Å². The lowest BCUT2D eigenvalue weighted by Crippen LogP contribution is -2.36. The number of rotatable bonds is 15. The molecule has 0 unspecified atom stereocenters. The third kappa shape index (κ3) is 12.4. The fourth-order valence-corrected chi connectivity index (χ4v) is 3.02. The summed E-state index contributed by atoms with van der Waals surface area (Å²) in [5.74, 6) is -1.55. The van der Waals surface area contributed by atoms with Gasteiger partial charge in [-0.05, 0) is 18.8 Å². The summed E-state index contributed by atoms with van der Waals surface area (Å²) in [5, 5.41) is 11.5. The fraction of sp³-hybridized carbons (Fsp3) is 0.826. The van der Waals surface area contributed by atoms with Crippen LogP contribution in [0, 0.1) is 23.2 Å². The van der Waals surface area contributed by atoms with Crippen LogP contribution >= 0.6 is 0 Å². The standard InChI is InChI=1S/C23H41NO5/c1-16(2)18(15-19(25)17(3)14-20(26)23(4,5)6)22(29)24-13-11-9-7-8-10-12-21(27)28/h16-18H,7-15H2,1-6H3,(H,24,29)(H,27,28)/t17-,18+/m0/s1. The summed E-state index contributed by atoms with van der Waals surface area (Å²) in [4.78, 5) is 47.7. The molecule has 0 heterocycles. The van der Waals surface area contributed by atoms with E-state index in [-0.39, 0.29) is 54.5 Å². The van der Waals surface area contributed by atoms with E-state index in [9.17, 15) is 19.2 Å². The number of carbonyl (C=O) groups excluding carboxylic acids is 3. The van der Waals surface area contributed by atoms with Crippen molar-refractivity contribution in [3.63, 3.8) is 0 Å². The number of carbonyl (C=O) groups is 4. The molecule has 0 aliphatic carbocycles. The van der Waals surface area contributed by atoms with Gasteiger partial charge in [-0.1, -0.05) is 60.8 Å². The van der Waals surface area contributed by atoms with Crippen LogP contribution in [0.1, 0.15) is 92.9 Å². The molecular formula is C23H41NO5. The highest BCUT2D eigenvalue weighted by Gasteiger charge is 2.30. The highest BCUT2D eigenvalue weighted by Crippen LogP contribution is 2.23. The average molecular weight is 412 g/mol. The van der Waals surface area contributed by atoms with Crippen molar-refractivity contribution in [1.82, 2.24) is 5.32 Å². The van der Waals surface area contributed by atoms with Gasteiger partial charge in [0, 0.05) is 43.1 Å². The third-order valence-electron chi connectivity index (χ3n) is 5.31. The molecular weight excluding hydrogens is 370 g/mol. The van der Waals surface area contributed by atoms with E-state index in [1.165, 1.54) is 0 Å². The lowest BCUT2D eigenvalue weighted by atomic mass is 9.81. The van der Waals surface area contributed by atoms with Crippen molar-refractivity contribution in [2.24, 2.45) is 23.2 Å². The molecule has 2 N–H and O–H groups in total. The van der Waals surface area contributed by atoms with E-state index in [1.54, 1.807) is 6.92 Å². The maximum Gasteiger partial charge on any atom is 0.303 e. The fourth-order valence-electron chi connectivity index (χ4n) is 3.02. The smallest absolute Gasteiger partial charge is 0.303 e. The Morgan fingerprint density at radius 1 is 0.862 bits per heavy atom. The molecule has 0 saturated carbocycles. The van der Waals surface area contributed by atoms with Crippen molar-refractivity contribution in [2.75, 3.05) is 6.54 Å². The van der Waals surface area contributed by atoms with Crippen LogP contribution in [0.25, 0.3) is 0 Å². The van der Waals surface area contributed by atoms with Crippen molar-refractivity contribution in [1.29, 1.82) is 0 Å². The lowest BCUT2D eigenvalue weighted by Gasteiger charge is -2.23. The molecule has 6 heteroatoms. The molecule has 0 rings (SSSR count). The van der Waals surface area contributed by atoms with Crippen LogP contribution in [0.15, 0.2) is 0 Å². The first kappa shape index (κ1) is 27.3. The van der Waals surface area contributed by atoms with E-state index in [1.807, 2.05) is 34.6 Å². The van der Waals surface area contributed by atoms with Crippen molar-refractivity contribution in [2.45, 2.75) is 92.9 Å². The van der Waals surface area contributed by atoms with E-state index in [0.717, 1.165) is 25.7 Å². The van der Waals surface area contributed by atoms with Crippen LogP contribution in [0.5, 0.6) is 0 Å². The first-order chi connectivity index (χ1) is 13.4. The summed E-state index contributed by atoms with van der Waals surface area (Å²) in [6.45, 7) is 11.8. The molecule has 2 atom stereocenters. The van der Waals surface area contributed by atoms with Crippen molar-refractivity contribution in [3.05, 3.63) is 0 Å². The Kier molecular flexibility index (Phi) is 12.7. The highest BCUT2D eigenvalue weighted by atomic mass is 16.4. The SMILES string of the molecule is CC(C)[C@@H](CC(=O)[C@@H](C)CC(=O)C(C)(C)C)C(=O)NCCCCCCCC(=O)O. The molecule has 0 bridgehead atoms. The van der Waals surface area contributed by atoms with Crippen LogP contribution in [0.4, 0.5) is 0 Å². The molecule has 0 spiro atoms. The zero-order valence-electron chi connectivity index (χ0n) is 19.2. The first-order valence-electron chi connectivity index (χ1n) is 10.9. The van der Waals surface area contributed by atoms with Crippen LogP contribution in [-0.2, 0) is 19.2 Å². The number of hydrogen-bond acceptors (Lipinski definition) is 4. The number of hydrogen-bond donors (Lipinski definition) is 2. The molecule has 0 aliphatic rings. The van der Waals surface area contributed by atoms with Gasteiger partial charge in [0.15, 0.2) is 0 Å². The molecule has 0 aromatic heterocycles. The summed E-state index contributed by atoms with van der Waals surface area (Å²) in [6, 6.07) is 0. The van der Waals surface area contributed by atoms with Gasteiger partial charge in [0.05, 0.1) is 0 Å². The van der Waals surface area contributed by atoms with Gasteiger partial charge >= 0.3 is 5.97 Å². The molecule has 6 nitrogen and oxygen atoms in total. The van der Waals surface area contributed by atoms with Crippen molar-refractivity contribution < 1.29 is 24.3 Å². The Hall–Kier alpha value is -1.72. The van der Waals surface area contributed by atoms with Gasteiger partial charge in [-0.3, -0.25) is 19.2 Å². The number of nitrogens with one attached hydrogen (secondary N) is 1. The quantitative estimate of drug-likeness (QED) is 0.389. The minimum absolute atomic E-state index is 0.0325. The van der Waals surface area contributed by atoms with Crippen molar-refractivity contribution in [3.8, 4) is 0 Å². The Labute approximate surface area is 176 Å². The molecule has 0 saturated heterocycles. The Bertz CT molecular complexity index is 548. The Balaban J connectivity index is 4.34. The largest absolute Gasteiger partial charge is 0.481 e. The summed E-state index contributed by atoms with van der Waals surface area (Å²) in [7, 11) is 0. The van der Waals surface area contributed by atoms with Crippen LogP contribution < -0.4 is 5.32 Å². The van der Waals surface area contributed by atoms with Gasteiger partial charge in [0.2, 0.25) is 5.91 Å². The minimum atomic E-state index is -0.761. The topological polar surface area (TPSA) is 101 Å².